The molecule has 0 aliphatic rings. The molecule has 1 heterocycles. The minimum atomic E-state index is -0.409. The number of benzene rings is 2. The molecular formula is C20H18N2O4S. The molecule has 2 aromatic carbocycles. The number of nitrogens with zero attached hydrogens (tertiary/aromatic N) is 2. The first-order chi connectivity index (χ1) is 13.1. The Morgan fingerprint density at radius 3 is 2.48 bits per heavy atom. The number of aromatic nitrogens is 1. The lowest BCUT2D eigenvalue weighted by Crippen LogP contribution is -2.16. The Balaban J connectivity index is 2.09. The van der Waals surface area contributed by atoms with Gasteiger partial charge in [0.1, 0.15) is 5.75 Å². The van der Waals surface area contributed by atoms with Crippen molar-refractivity contribution in [2.24, 2.45) is 4.99 Å². The van der Waals surface area contributed by atoms with E-state index in [-0.39, 0.29) is 5.91 Å². The highest BCUT2D eigenvalue weighted by Crippen LogP contribution is 2.20. The number of thiazole rings is 1. The van der Waals surface area contributed by atoms with Gasteiger partial charge < -0.3 is 14.0 Å². The van der Waals surface area contributed by atoms with Gasteiger partial charge in [-0.1, -0.05) is 17.4 Å². The summed E-state index contributed by atoms with van der Waals surface area (Å²) in [5.74, 6) is -0.0888. The van der Waals surface area contributed by atoms with Crippen molar-refractivity contribution in [2.75, 3.05) is 14.2 Å². The van der Waals surface area contributed by atoms with Gasteiger partial charge in [-0.2, -0.15) is 4.99 Å². The molecule has 27 heavy (non-hydrogen) atoms. The smallest absolute Gasteiger partial charge is 0.337 e. The summed E-state index contributed by atoms with van der Waals surface area (Å²) in [4.78, 5) is 29.1. The van der Waals surface area contributed by atoms with Gasteiger partial charge in [-0.3, -0.25) is 4.79 Å². The molecule has 1 amide bonds. The monoisotopic (exact) mass is 382 g/mol. The number of hydrogen-bond donors (Lipinski definition) is 0. The van der Waals surface area contributed by atoms with E-state index in [0.717, 1.165) is 10.2 Å². The second kappa shape index (κ2) is 8.01. The van der Waals surface area contributed by atoms with Gasteiger partial charge in [-0.25, -0.2) is 4.79 Å². The van der Waals surface area contributed by atoms with Crippen LogP contribution in [0.5, 0.6) is 5.75 Å². The molecular weight excluding hydrogens is 364 g/mol. The largest absolute Gasteiger partial charge is 0.497 e. The molecule has 0 radical (unpaired) electrons. The van der Waals surface area contributed by atoms with E-state index in [1.807, 2.05) is 10.6 Å². The first kappa shape index (κ1) is 18.6. The molecule has 6 nitrogen and oxygen atoms in total. The molecule has 0 aliphatic heterocycles. The van der Waals surface area contributed by atoms with Crippen LogP contribution in [0.3, 0.4) is 0 Å². The number of methoxy groups -OCH3 is 2. The molecule has 0 aliphatic carbocycles. The first-order valence-electron chi connectivity index (χ1n) is 8.13. The molecule has 3 rings (SSSR count). The number of rotatable bonds is 5. The van der Waals surface area contributed by atoms with Crippen molar-refractivity contribution < 1.29 is 19.1 Å². The summed E-state index contributed by atoms with van der Waals surface area (Å²) in [6.45, 7) is 4.26. The summed E-state index contributed by atoms with van der Waals surface area (Å²) in [6, 6.07) is 12.0. The minimum Gasteiger partial charge on any atom is -0.497 e. The van der Waals surface area contributed by atoms with Crippen molar-refractivity contribution in [3.8, 4) is 5.75 Å². The minimum absolute atomic E-state index is 0.352. The third-order valence-electron chi connectivity index (χ3n) is 3.95. The Bertz CT molecular complexity index is 1080. The van der Waals surface area contributed by atoms with Crippen LogP contribution in [0.2, 0.25) is 0 Å². The fraction of sp³-hybridized carbons (Fsp3) is 0.150. The quantitative estimate of drug-likeness (QED) is 0.501. The number of hydrogen-bond acceptors (Lipinski definition) is 5. The maximum atomic E-state index is 12.6. The van der Waals surface area contributed by atoms with E-state index >= 15 is 0 Å². The van der Waals surface area contributed by atoms with Crippen molar-refractivity contribution in [3.63, 3.8) is 0 Å². The average Bonchev–Trinajstić information content (AvgIpc) is 3.04. The highest BCUT2D eigenvalue weighted by atomic mass is 32.1. The molecule has 0 unspecified atom stereocenters. The molecule has 0 saturated heterocycles. The summed E-state index contributed by atoms with van der Waals surface area (Å²) in [5.41, 5.74) is 1.78. The van der Waals surface area contributed by atoms with Gasteiger partial charge in [0.25, 0.3) is 5.91 Å². The fourth-order valence-electron chi connectivity index (χ4n) is 2.59. The lowest BCUT2D eigenvalue weighted by molar-refractivity contribution is 0.0601. The molecule has 0 saturated carbocycles. The molecule has 3 aromatic rings. The van der Waals surface area contributed by atoms with Crippen molar-refractivity contribution in [2.45, 2.75) is 6.54 Å². The topological polar surface area (TPSA) is 69.9 Å². The van der Waals surface area contributed by atoms with Gasteiger partial charge >= 0.3 is 5.97 Å². The third-order valence-corrected chi connectivity index (χ3v) is 4.99. The maximum absolute atomic E-state index is 12.6. The van der Waals surface area contributed by atoms with Crippen LogP contribution >= 0.6 is 11.3 Å². The van der Waals surface area contributed by atoms with Crippen LogP contribution in [-0.2, 0) is 11.3 Å². The van der Waals surface area contributed by atoms with Crippen LogP contribution in [0.15, 0.2) is 60.1 Å². The number of amides is 1. The summed E-state index contributed by atoms with van der Waals surface area (Å²) in [5, 5.41) is 0. The van der Waals surface area contributed by atoms with Crippen molar-refractivity contribution in [1.82, 2.24) is 4.57 Å². The van der Waals surface area contributed by atoms with E-state index in [1.165, 1.54) is 18.4 Å². The van der Waals surface area contributed by atoms with Crippen LogP contribution in [0, 0.1) is 0 Å². The van der Waals surface area contributed by atoms with E-state index in [9.17, 15) is 9.59 Å². The predicted molar refractivity (Wildman–Crippen MR) is 104 cm³/mol. The molecule has 1 aromatic heterocycles. The predicted octanol–water partition coefficient (Wildman–Crippen LogP) is 3.43. The Kier molecular flexibility index (Phi) is 5.52. The fourth-order valence-corrected chi connectivity index (χ4v) is 3.67. The Morgan fingerprint density at radius 1 is 1.15 bits per heavy atom. The van der Waals surface area contributed by atoms with Gasteiger partial charge in [0.15, 0.2) is 4.80 Å². The number of carbonyl (C=O) groups is 2. The van der Waals surface area contributed by atoms with Crippen molar-refractivity contribution in [1.29, 1.82) is 0 Å². The molecule has 0 atom stereocenters. The van der Waals surface area contributed by atoms with Crippen LogP contribution in [0.1, 0.15) is 20.7 Å². The lowest BCUT2D eigenvalue weighted by atomic mass is 10.2. The van der Waals surface area contributed by atoms with Crippen LogP contribution in [-0.4, -0.2) is 30.7 Å². The number of fused-ring (bicyclic) bond motifs is 1. The molecule has 0 fully saturated rings. The van der Waals surface area contributed by atoms with E-state index < -0.39 is 5.97 Å². The van der Waals surface area contributed by atoms with Gasteiger partial charge in [0.05, 0.1) is 30.0 Å². The summed E-state index contributed by atoms with van der Waals surface area (Å²) in [7, 11) is 2.91. The zero-order chi connectivity index (χ0) is 19.4. The molecule has 0 N–H and O–H groups in total. The SMILES string of the molecule is C=CCn1c(=NC(=O)c2ccc(OC)cc2)sc2cc(C(=O)OC)ccc21. The summed E-state index contributed by atoms with van der Waals surface area (Å²) in [6.07, 6.45) is 1.73. The van der Waals surface area contributed by atoms with Gasteiger partial charge in [-0.15, -0.1) is 6.58 Å². The second-order valence-electron chi connectivity index (χ2n) is 5.60. The number of ether oxygens (including phenoxy) is 2. The van der Waals surface area contributed by atoms with Gasteiger partial charge in [-0.05, 0) is 42.5 Å². The molecule has 138 valence electrons. The first-order valence-corrected chi connectivity index (χ1v) is 8.94. The lowest BCUT2D eigenvalue weighted by Gasteiger charge is -2.03. The van der Waals surface area contributed by atoms with E-state index in [0.29, 0.717) is 28.2 Å². The number of allylic oxidation sites excluding steroid dienone is 1. The van der Waals surface area contributed by atoms with Crippen LogP contribution in [0.25, 0.3) is 10.2 Å². The Hall–Kier alpha value is -3.19. The van der Waals surface area contributed by atoms with E-state index in [2.05, 4.69) is 11.6 Å². The molecule has 0 spiro atoms. The summed E-state index contributed by atoms with van der Waals surface area (Å²) >= 11 is 1.33. The van der Waals surface area contributed by atoms with Crippen LogP contribution in [0.4, 0.5) is 0 Å². The Labute approximate surface area is 160 Å². The molecule has 7 heteroatoms. The van der Waals surface area contributed by atoms with E-state index in [4.69, 9.17) is 9.47 Å². The normalized spacial score (nSPS) is 11.4. The van der Waals surface area contributed by atoms with Crippen molar-refractivity contribution >= 4 is 33.4 Å². The highest BCUT2D eigenvalue weighted by Gasteiger charge is 2.12. The average molecular weight is 382 g/mol. The molecule has 0 bridgehead atoms. The standard InChI is InChI=1S/C20H18N2O4S/c1-4-11-22-16-10-7-14(19(24)26-3)12-17(16)27-20(22)21-18(23)13-5-8-15(25-2)9-6-13/h4-10,12H,1,11H2,2-3H3. The zero-order valence-corrected chi connectivity index (χ0v) is 15.8. The highest BCUT2D eigenvalue weighted by molar-refractivity contribution is 7.16. The van der Waals surface area contributed by atoms with Gasteiger partial charge in [0.2, 0.25) is 0 Å². The summed E-state index contributed by atoms with van der Waals surface area (Å²) < 4.78 is 12.6. The maximum Gasteiger partial charge on any atom is 0.337 e. The van der Waals surface area contributed by atoms with Crippen molar-refractivity contribution in [3.05, 3.63) is 71.0 Å². The second-order valence-corrected chi connectivity index (χ2v) is 6.61. The third kappa shape index (κ3) is 3.83. The number of carbonyl (C=O) groups excluding carboxylic acids is 2. The zero-order valence-electron chi connectivity index (χ0n) is 15.0. The van der Waals surface area contributed by atoms with Gasteiger partial charge in [0, 0.05) is 12.1 Å². The Morgan fingerprint density at radius 2 is 1.85 bits per heavy atom. The van der Waals surface area contributed by atoms with Crippen LogP contribution < -0.4 is 9.54 Å². The number of esters is 1. The van der Waals surface area contributed by atoms with E-state index in [1.54, 1.807) is 49.6 Å².